The molecule has 1 aliphatic carbocycles. The summed E-state index contributed by atoms with van der Waals surface area (Å²) >= 11 is 6.90. The third-order valence-corrected chi connectivity index (χ3v) is 4.39. The summed E-state index contributed by atoms with van der Waals surface area (Å²) in [6.07, 6.45) is 4.59. The van der Waals surface area contributed by atoms with Crippen LogP contribution in [0.4, 0.5) is 0 Å². The van der Waals surface area contributed by atoms with Crippen molar-refractivity contribution in [3.05, 3.63) is 26.6 Å². The zero-order chi connectivity index (χ0) is 13.8. The van der Waals surface area contributed by atoms with Crippen LogP contribution in [0.5, 0.6) is 5.75 Å². The number of amides is 1. The zero-order valence-electron chi connectivity index (χ0n) is 10.8. The van der Waals surface area contributed by atoms with E-state index in [1.807, 2.05) is 19.1 Å². The Morgan fingerprint density at radius 2 is 1.89 bits per heavy atom. The van der Waals surface area contributed by atoms with Gasteiger partial charge in [0, 0.05) is 6.04 Å². The van der Waals surface area contributed by atoms with E-state index in [2.05, 4.69) is 37.2 Å². The van der Waals surface area contributed by atoms with Gasteiger partial charge in [0.15, 0.2) is 6.61 Å². The third-order valence-electron chi connectivity index (χ3n) is 3.21. The molecule has 1 aromatic rings. The summed E-state index contributed by atoms with van der Waals surface area (Å²) < 4.78 is 7.30. The molecule has 0 spiro atoms. The van der Waals surface area contributed by atoms with Crippen LogP contribution in [-0.2, 0) is 4.79 Å². The van der Waals surface area contributed by atoms with Gasteiger partial charge >= 0.3 is 0 Å². The summed E-state index contributed by atoms with van der Waals surface area (Å²) in [6.45, 7) is 2.06. The first-order chi connectivity index (χ1) is 9.06. The lowest BCUT2D eigenvalue weighted by Gasteiger charge is -2.14. The lowest BCUT2D eigenvalue weighted by molar-refractivity contribution is -0.123. The molecular formula is C14H17Br2NO2. The number of carbonyl (C=O) groups excluding carboxylic acids is 1. The van der Waals surface area contributed by atoms with Gasteiger partial charge in [0.1, 0.15) is 5.75 Å². The fraction of sp³-hybridized carbons (Fsp3) is 0.500. The molecule has 3 nitrogen and oxygen atoms in total. The van der Waals surface area contributed by atoms with Gasteiger partial charge in [-0.1, -0.05) is 12.8 Å². The van der Waals surface area contributed by atoms with Gasteiger partial charge in [-0.2, -0.15) is 0 Å². The number of benzene rings is 1. The van der Waals surface area contributed by atoms with E-state index in [9.17, 15) is 4.79 Å². The predicted octanol–water partition coefficient (Wildman–Crippen LogP) is 3.96. The average molecular weight is 391 g/mol. The first kappa shape index (κ1) is 14.9. The summed E-state index contributed by atoms with van der Waals surface area (Å²) in [5.74, 6) is 0.624. The van der Waals surface area contributed by atoms with Crippen molar-refractivity contribution >= 4 is 37.8 Å². The molecule has 1 fully saturated rings. The molecule has 1 amide bonds. The van der Waals surface area contributed by atoms with Gasteiger partial charge in [-0.25, -0.2) is 0 Å². The Hall–Kier alpha value is -0.550. The van der Waals surface area contributed by atoms with E-state index < -0.39 is 0 Å². The predicted molar refractivity (Wildman–Crippen MR) is 82.5 cm³/mol. The Morgan fingerprint density at radius 3 is 2.47 bits per heavy atom. The molecular weight excluding hydrogens is 374 g/mol. The maximum atomic E-state index is 11.8. The molecule has 2 rings (SSSR count). The maximum Gasteiger partial charge on any atom is 0.258 e. The standard InChI is InChI=1S/C14H17Br2NO2/c1-9-6-11(15)14(12(16)7-9)19-8-13(18)17-10-4-2-3-5-10/h6-7,10H,2-5,8H2,1H3,(H,17,18). The Balaban J connectivity index is 1.89. The van der Waals surface area contributed by atoms with Crippen LogP contribution >= 0.6 is 31.9 Å². The van der Waals surface area contributed by atoms with E-state index >= 15 is 0 Å². The van der Waals surface area contributed by atoms with Crippen molar-refractivity contribution in [2.24, 2.45) is 0 Å². The normalized spacial score (nSPS) is 15.5. The summed E-state index contributed by atoms with van der Waals surface area (Å²) in [5, 5.41) is 3.00. The Morgan fingerprint density at radius 1 is 1.32 bits per heavy atom. The lowest BCUT2D eigenvalue weighted by Crippen LogP contribution is -2.36. The molecule has 5 heteroatoms. The minimum Gasteiger partial charge on any atom is -0.481 e. The van der Waals surface area contributed by atoms with Crippen LogP contribution in [0.15, 0.2) is 21.1 Å². The number of hydrogen-bond donors (Lipinski definition) is 1. The first-order valence-electron chi connectivity index (χ1n) is 6.44. The summed E-state index contributed by atoms with van der Waals surface area (Å²) in [6, 6.07) is 4.27. The Bertz CT molecular complexity index is 448. The zero-order valence-corrected chi connectivity index (χ0v) is 14.0. The quantitative estimate of drug-likeness (QED) is 0.844. The van der Waals surface area contributed by atoms with Crippen LogP contribution in [0.3, 0.4) is 0 Å². The van der Waals surface area contributed by atoms with Crippen molar-refractivity contribution in [3.63, 3.8) is 0 Å². The highest BCUT2D eigenvalue weighted by Crippen LogP contribution is 2.34. The monoisotopic (exact) mass is 389 g/mol. The number of aryl methyl sites for hydroxylation is 1. The number of carbonyl (C=O) groups is 1. The van der Waals surface area contributed by atoms with E-state index in [-0.39, 0.29) is 12.5 Å². The molecule has 1 aliphatic rings. The van der Waals surface area contributed by atoms with Crippen LogP contribution in [0, 0.1) is 6.92 Å². The molecule has 0 unspecified atom stereocenters. The van der Waals surface area contributed by atoms with E-state index in [0.29, 0.717) is 11.8 Å². The van der Waals surface area contributed by atoms with Crippen molar-refractivity contribution in [1.29, 1.82) is 0 Å². The molecule has 0 aromatic heterocycles. The van der Waals surface area contributed by atoms with Gasteiger partial charge in [-0.15, -0.1) is 0 Å². The fourth-order valence-electron chi connectivity index (χ4n) is 2.30. The third kappa shape index (κ3) is 4.21. The minimum atomic E-state index is -0.0497. The van der Waals surface area contributed by atoms with Gasteiger partial charge in [0.25, 0.3) is 5.91 Å². The van der Waals surface area contributed by atoms with Gasteiger partial charge < -0.3 is 10.1 Å². The molecule has 104 valence electrons. The summed E-state index contributed by atoms with van der Waals surface area (Å²) in [4.78, 5) is 11.8. The van der Waals surface area contributed by atoms with Gasteiger partial charge in [0.05, 0.1) is 8.95 Å². The van der Waals surface area contributed by atoms with E-state index in [0.717, 1.165) is 27.4 Å². The molecule has 19 heavy (non-hydrogen) atoms. The van der Waals surface area contributed by atoms with Crippen LogP contribution < -0.4 is 10.1 Å². The Labute approximate surface area is 130 Å². The minimum absolute atomic E-state index is 0.0497. The number of hydrogen-bond acceptors (Lipinski definition) is 2. The molecule has 1 saturated carbocycles. The van der Waals surface area contributed by atoms with Gasteiger partial charge in [-0.05, 0) is 69.3 Å². The molecule has 1 aromatic carbocycles. The number of rotatable bonds is 4. The maximum absolute atomic E-state index is 11.8. The largest absolute Gasteiger partial charge is 0.481 e. The van der Waals surface area contributed by atoms with Crippen molar-refractivity contribution in [1.82, 2.24) is 5.32 Å². The van der Waals surface area contributed by atoms with Gasteiger partial charge in [0.2, 0.25) is 0 Å². The van der Waals surface area contributed by atoms with Crippen LogP contribution in [-0.4, -0.2) is 18.6 Å². The second kappa shape index (κ2) is 6.75. The molecule has 1 N–H and O–H groups in total. The van der Waals surface area contributed by atoms with Crippen molar-refractivity contribution in [2.45, 2.75) is 38.6 Å². The van der Waals surface area contributed by atoms with Gasteiger partial charge in [-0.3, -0.25) is 4.79 Å². The first-order valence-corrected chi connectivity index (χ1v) is 8.02. The molecule has 0 aliphatic heterocycles. The fourth-order valence-corrected chi connectivity index (χ4v) is 3.95. The molecule has 0 heterocycles. The molecule has 0 atom stereocenters. The second-order valence-corrected chi connectivity index (χ2v) is 6.60. The van der Waals surface area contributed by atoms with Crippen molar-refractivity contribution < 1.29 is 9.53 Å². The van der Waals surface area contributed by atoms with Crippen LogP contribution in [0.25, 0.3) is 0 Å². The highest BCUT2D eigenvalue weighted by molar-refractivity contribution is 9.11. The smallest absolute Gasteiger partial charge is 0.258 e. The average Bonchev–Trinajstić information content (AvgIpc) is 2.80. The van der Waals surface area contributed by atoms with E-state index in [1.165, 1.54) is 12.8 Å². The second-order valence-electron chi connectivity index (χ2n) is 4.90. The highest BCUT2D eigenvalue weighted by atomic mass is 79.9. The van der Waals surface area contributed by atoms with Crippen molar-refractivity contribution in [3.8, 4) is 5.75 Å². The highest BCUT2D eigenvalue weighted by Gasteiger charge is 2.17. The number of halogens is 2. The topological polar surface area (TPSA) is 38.3 Å². The number of nitrogens with one attached hydrogen (secondary N) is 1. The Kier molecular flexibility index (Phi) is 5.28. The lowest BCUT2D eigenvalue weighted by atomic mass is 10.2. The van der Waals surface area contributed by atoms with E-state index in [4.69, 9.17) is 4.74 Å². The molecule has 0 saturated heterocycles. The molecule has 0 radical (unpaired) electrons. The van der Waals surface area contributed by atoms with Crippen LogP contribution in [0.1, 0.15) is 31.2 Å². The SMILES string of the molecule is Cc1cc(Br)c(OCC(=O)NC2CCCC2)c(Br)c1. The summed E-state index contributed by atoms with van der Waals surface area (Å²) in [7, 11) is 0. The number of ether oxygens (including phenoxy) is 1. The van der Waals surface area contributed by atoms with Crippen molar-refractivity contribution in [2.75, 3.05) is 6.61 Å². The van der Waals surface area contributed by atoms with Crippen LogP contribution in [0.2, 0.25) is 0 Å². The molecule has 0 bridgehead atoms. The summed E-state index contributed by atoms with van der Waals surface area (Å²) in [5.41, 5.74) is 1.13. The van der Waals surface area contributed by atoms with E-state index in [1.54, 1.807) is 0 Å².